The molecule has 4 N–H and O–H groups in total. The minimum Gasteiger partial charge on any atom is -0.453 e. The van der Waals surface area contributed by atoms with E-state index in [-0.39, 0.29) is 23.9 Å². The molecule has 1 aliphatic rings. The van der Waals surface area contributed by atoms with E-state index in [1.807, 2.05) is 13.8 Å². The zero-order valence-corrected chi connectivity index (χ0v) is 11.1. The number of carbonyl (C=O) groups excluding carboxylic acids is 2. The van der Waals surface area contributed by atoms with Crippen LogP contribution in [0.25, 0.3) is 0 Å². The summed E-state index contributed by atoms with van der Waals surface area (Å²) in [5, 5.41) is 2.77. The Morgan fingerprint density at radius 2 is 2.11 bits per heavy atom. The first-order valence-electron chi connectivity index (χ1n) is 6.08. The summed E-state index contributed by atoms with van der Waals surface area (Å²) in [6, 6.07) is 0.158. The summed E-state index contributed by atoms with van der Waals surface area (Å²) < 4.78 is 4.56. The molecule has 2 amide bonds. The molecule has 0 aromatic rings. The Balaban J connectivity index is 2.45. The number of nitrogens with zero attached hydrogens (tertiary/aromatic N) is 1. The number of hydrogen-bond donors (Lipinski definition) is 3. The van der Waals surface area contributed by atoms with Crippen LogP contribution in [0.3, 0.4) is 0 Å². The second kappa shape index (κ2) is 6.55. The van der Waals surface area contributed by atoms with E-state index in [9.17, 15) is 9.59 Å². The molecular formula is C11H22N4O3. The standard InChI is InChI=1S/C11H22N4O3/c1-7(10(16)14-12)8(2)15-5-4-9(6-15)13-11(17)18-3/h7-9H,4-6,12H2,1-3H3,(H,13,17)(H,14,16). The Morgan fingerprint density at radius 1 is 1.44 bits per heavy atom. The fraction of sp³-hybridized carbons (Fsp3) is 0.818. The quantitative estimate of drug-likeness (QED) is 0.356. The van der Waals surface area contributed by atoms with Gasteiger partial charge in [0.1, 0.15) is 0 Å². The molecule has 7 nitrogen and oxygen atoms in total. The van der Waals surface area contributed by atoms with Crippen LogP contribution < -0.4 is 16.6 Å². The molecule has 1 aliphatic heterocycles. The minimum atomic E-state index is -0.415. The van der Waals surface area contributed by atoms with Crippen molar-refractivity contribution in [2.45, 2.75) is 32.4 Å². The lowest BCUT2D eigenvalue weighted by Crippen LogP contribution is -2.46. The lowest BCUT2D eigenvalue weighted by molar-refractivity contribution is -0.126. The van der Waals surface area contributed by atoms with E-state index < -0.39 is 6.09 Å². The number of amides is 2. The number of hydrogen-bond acceptors (Lipinski definition) is 5. The Bertz CT molecular complexity index is 311. The number of alkyl carbamates (subject to hydrolysis) is 1. The van der Waals surface area contributed by atoms with Gasteiger partial charge in [0.05, 0.1) is 13.0 Å². The van der Waals surface area contributed by atoms with E-state index >= 15 is 0 Å². The van der Waals surface area contributed by atoms with Crippen molar-refractivity contribution in [3.63, 3.8) is 0 Å². The monoisotopic (exact) mass is 258 g/mol. The molecule has 3 unspecified atom stereocenters. The van der Waals surface area contributed by atoms with Gasteiger partial charge in [-0.1, -0.05) is 6.92 Å². The fourth-order valence-corrected chi connectivity index (χ4v) is 2.17. The summed E-state index contributed by atoms with van der Waals surface area (Å²) in [6.07, 6.45) is 0.443. The molecule has 0 radical (unpaired) electrons. The molecule has 7 heteroatoms. The van der Waals surface area contributed by atoms with E-state index in [1.54, 1.807) is 0 Å². The van der Waals surface area contributed by atoms with Crippen LogP contribution in [-0.4, -0.2) is 49.2 Å². The molecule has 104 valence electrons. The SMILES string of the molecule is COC(=O)NC1CCN(C(C)C(C)C(=O)NN)C1. The summed E-state index contributed by atoms with van der Waals surface area (Å²) in [6.45, 7) is 5.39. The van der Waals surface area contributed by atoms with Crippen molar-refractivity contribution >= 4 is 12.0 Å². The maximum Gasteiger partial charge on any atom is 0.407 e. The molecular weight excluding hydrogens is 236 g/mol. The highest BCUT2D eigenvalue weighted by Gasteiger charge is 2.31. The highest BCUT2D eigenvalue weighted by molar-refractivity contribution is 5.78. The third-order valence-electron chi connectivity index (χ3n) is 3.58. The van der Waals surface area contributed by atoms with E-state index in [2.05, 4.69) is 20.4 Å². The molecule has 1 heterocycles. The number of nitrogens with two attached hydrogens (primary N) is 1. The molecule has 0 saturated carbocycles. The predicted molar refractivity (Wildman–Crippen MR) is 66.5 cm³/mol. The lowest BCUT2D eigenvalue weighted by atomic mass is 10.0. The minimum absolute atomic E-state index is 0.0769. The molecule has 3 atom stereocenters. The molecule has 1 rings (SSSR count). The molecule has 0 aromatic heterocycles. The maximum atomic E-state index is 11.5. The molecule has 0 aromatic carbocycles. The molecule has 1 saturated heterocycles. The molecule has 0 spiro atoms. The number of hydrazine groups is 1. The summed E-state index contributed by atoms with van der Waals surface area (Å²) in [4.78, 5) is 24.7. The normalized spacial score (nSPS) is 23.2. The van der Waals surface area contributed by atoms with Gasteiger partial charge < -0.3 is 10.1 Å². The molecule has 0 aliphatic carbocycles. The lowest BCUT2D eigenvalue weighted by Gasteiger charge is -2.28. The number of ether oxygens (including phenoxy) is 1. The van der Waals surface area contributed by atoms with Crippen molar-refractivity contribution < 1.29 is 14.3 Å². The fourth-order valence-electron chi connectivity index (χ4n) is 2.17. The zero-order chi connectivity index (χ0) is 13.7. The van der Waals surface area contributed by atoms with E-state index in [4.69, 9.17) is 5.84 Å². The van der Waals surface area contributed by atoms with Crippen LogP contribution in [0, 0.1) is 5.92 Å². The van der Waals surface area contributed by atoms with E-state index in [1.165, 1.54) is 7.11 Å². The van der Waals surface area contributed by atoms with Crippen LogP contribution in [0.15, 0.2) is 0 Å². The second-order valence-corrected chi connectivity index (χ2v) is 4.65. The Labute approximate surface area is 107 Å². The van der Waals surface area contributed by atoms with Crippen LogP contribution in [0.2, 0.25) is 0 Å². The second-order valence-electron chi connectivity index (χ2n) is 4.65. The average molecular weight is 258 g/mol. The zero-order valence-electron chi connectivity index (χ0n) is 11.1. The third-order valence-corrected chi connectivity index (χ3v) is 3.58. The molecule has 1 fully saturated rings. The number of likely N-dealkylation sites (tertiary alicyclic amines) is 1. The van der Waals surface area contributed by atoms with Gasteiger partial charge in [-0.15, -0.1) is 0 Å². The first-order valence-corrected chi connectivity index (χ1v) is 6.08. The Hall–Kier alpha value is -1.34. The van der Waals surface area contributed by atoms with Crippen molar-refractivity contribution in [1.29, 1.82) is 0 Å². The van der Waals surface area contributed by atoms with Crippen LogP contribution in [0.4, 0.5) is 4.79 Å². The number of nitrogens with one attached hydrogen (secondary N) is 2. The maximum absolute atomic E-state index is 11.5. The Kier molecular flexibility index (Phi) is 5.36. The van der Waals surface area contributed by atoms with Gasteiger partial charge in [-0.25, -0.2) is 10.6 Å². The van der Waals surface area contributed by atoms with Gasteiger partial charge in [0.15, 0.2) is 0 Å². The summed E-state index contributed by atoms with van der Waals surface area (Å²) >= 11 is 0. The van der Waals surface area contributed by atoms with Gasteiger partial charge in [0.2, 0.25) is 5.91 Å². The topological polar surface area (TPSA) is 96.7 Å². The molecule has 0 bridgehead atoms. The number of carbonyl (C=O) groups is 2. The van der Waals surface area contributed by atoms with Crippen LogP contribution in [-0.2, 0) is 9.53 Å². The van der Waals surface area contributed by atoms with Gasteiger partial charge >= 0.3 is 6.09 Å². The highest BCUT2D eigenvalue weighted by Crippen LogP contribution is 2.18. The Morgan fingerprint density at radius 3 is 2.67 bits per heavy atom. The smallest absolute Gasteiger partial charge is 0.407 e. The summed E-state index contributed by atoms with van der Waals surface area (Å²) in [7, 11) is 1.35. The van der Waals surface area contributed by atoms with Crippen molar-refractivity contribution in [3.05, 3.63) is 0 Å². The van der Waals surface area contributed by atoms with Gasteiger partial charge in [0.25, 0.3) is 0 Å². The van der Waals surface area contributed by atoms with Crippen molar-refractivity contribution in [2.24, 2.45) is 11.8 Å². The average Bonchev–Trinajstić information content (AvgIpc) is 2.84. The van der Waals surface area contributed by atoms with Crippen molar-refractivity contribution in [2.75, 3.05) is 20.2 Å². The largest absolute Gasteiger partial charge is 0.453 e. The summed E-state index contributed by atoms with van der Waals surface area (Å²) in [5.41, 5.74) is 2.17. The highest BCUT2D eigenvalue weighted by atomic mass is 16.5. The van der Waals surface area contributed by atoms with Gasteiger partial charge in [-0.2, -0.15) is 0 Å². The van der Waals surface area contributed by atoms with E-state index in [0.29, 0.717) is 0 Å². The molecule has 18 heavy (non-hydrogen) atoms. The van der Waals surface area contributed by atoms with Crippen molar-refractivity contribution in [3.8, 4) is 0 Å². The van der Waals surface area contributed by atoms with Crippen LogP contribution in [0.5, 0.6) is 0 Å². The van der Waals surface area contributed by atoms with Crippen LogP contribution in [0.1, 0.15) is 20.3 Å². The first-order chi connectivity index (χ1) is 8.49. The van der Waals surface area contributed by atoms with Crippen LogP contribution >= 0.6 is 0 Å². The van der Waals surface area contributed by atoms with E-state index in [0.717, 1.165) is 19.5 Å². The predicted octanol–water partition coefficient (Wildman–Crippen LogP) is -0.569. The summed E-state index contributed by atoms with van der Waals surface area (Å²) in [5.74, 6) is 4.77. The van der Waals surface area contributed by atoms with Gasteiger partial charge in [-0.3, -0.25) is 15.1 Å². The first kappa shape index (κ1) is 14.7. The number of rotatable bonds is 4. The van der Waals surface area contributed by atoms with Gasteiger partial charge in [-0.05, 0) is 13.3 Å². The third kappa shape index (κ3) is 3.58. The van der Waals surface area contributed by atoms with Gasteiger partial charge in [0, 0.05) is 25.2 Å². The number of methoxy groups -OCH3 is 1. The van der Waals surface area contributed by atoms with Crippen molar-refractivity contribution in [1.82, 2.24) is 15.6 Å².